The predicted octanol–water partition coefficient (Wildman–Crippen LogP) is 4.49. The quantitative estimate of drug-likeness (QED) is 0.604. The molecule has 0 nitrogen and oxygen atoms in total. The largest absolute Gasteiger partial charge is 0.0654 e. The van der Waals surface area contributed by atoms with E-state index in [2.05, 4.69) is 20.8 Å². The summed E-state index contributed by atoms with van der Waals surface area (Å²) in [5.74, 6) is 5.47. The van der Waals surface area contributed by atoms with E-state index < -0.39 is 0 Å². The van der Waals surface area contributed by atoms with E-state index in [9.17, 15) is 0 Å². The maximum absolute atomic E-state index is 2.42. The van der Waals surface area contributed by atoms with Gasteiger partial charge in [-0.05, 0) is 48.9 Å². The maximum atomic E-state index is 2.42. The molecule has 0 spiro atoms. The van der Waals surface area contributed by atoms with E-state index in [1.807, 2.05) is 0 Å². The minimum absolute atomic E-state index is 0.946. The molecule has 2 aliphatic carbocycles. The molecule has 2 fully saturated rings. The highest BCUT2D eigenvalue weighted by molar-refractivity contribution is 4.98. The third kappa shape index (κ3) is 1.99. The number of hydrogen-bond acceptors (Lipinski definition) is 0. The molecule has 0 N–H and O–H groups in total. The summed E-state index contributed by atoms with van der Waals surface area (Å²) >= 11 is 0. The fourth-order valence-corrected chi connectivity index (χ4v) is 3.50. The summed E-state index contributed by atoms with van der Waals surface area (Å²) in [5, 5.41) is 0. The van der Waals surface area contributed by atoms with Crippen molar-refractivity contribution in [3.05, 3.63) is 0 Å². The van der Waals surface area contributed by atoms with Gasteiger partial charge in [-0.25, -0.2) is 0 Å². The Morgan fingerprint density at radius 2 is 1.93 bits per heavy atom. The van der Waals surface area contributed by atoms with Crippen LogP contribution < -0.4 is 0 Å². The highest BCUT2D eigenvalue weighted by Gasteiger charge is 2.48. The molecule has 0 saturated heterocycles. The molecule has 0 aromatic heterocycles. The zero-order chi connectivity index (χ0) is 10.1. The molecule has 2 rings (SSSR count). The van der Waals surface area contributed by atoms with Crippen molar-refractivity contribution in [1.29, 1.82) is 0 Å². The van der Waals surface area contributed by atoms with Crippen LogP contribution in [0.1, 0.15) is 59.3 Å². The van der Waals surface area contributed by atoms with Gasteiger partial charge in [-0.15, -0.1) is 0 Å². The van der Waals surface area contributed by atoms with Crippen LogP contribution in [0.4, 0.5) is 0 Å². The van der Waals surface area contributed by atoms with Crippen LogP contribution in [0, 0.1) is 29.6 Å². The van der Waals surface area contributed by atoms with Crippen molar-refractivity contribution >= 4 is 0 Å². The van der Waals surface area contributed by atoms with Gasteiger partial charge in [-0.1, -0.05) is 40.0 Å². The van der Waals surface area contributed by atoms with Crippen LogP contribution in [0.25, 0.3) is 0 Å². The Bertz CT molecular complexity index is 182. The number of unbranched alkanes of at least 4 members (excludes halogenated alkanes) is 1. The van der Waals surface area contributed by atoms with Gasteiger partial charge in [0.2, 0.25) is 0 Å². The third-order valence-corrected chi connectivity index (χ3v) is 4.70. The van der Waals surface area contributed by atoms with Crippen LogP contribution in [0.2, 0.25) is 0 Å². The first-order valence-electron chi connectivity index (χ1n) is 6.74. The number of hydrogen-bond donors (Lipinski definition) is 0. The van der Waals surface area contributed by atoms with E-state index in [0.717, 1.165) is 29.6 Å². The maximum Gasteiger partial charge on any atom is -0.0352 e. The summed E-state index contributed by atoms with van der Waals surface area (Å²) in [6, 6.07) is 0. The van der Waals surface area contributed by atoms with Crippen molar-refractivity contribution in [3.63, 3.8) is 0 Å². The molecule has 0 heteroatoms. The summed E-state index contributed by atoms with van der Waals surface area (Å²) in [7, 11) is 0. The fraction of sp³-hybridized carbons (Fsp3) is 1.00. The highest BCUT2D eigenvalue weighted by atomic mass is 14.5. The molecule has 2 aliphatic rings. The monoisotopic (exact) mass is 194 g/mol. The third-order valence-electron chi connectivity index (χ3n) is 4.70. The van der Waals surface area contributed by atoms with Crippen LogP contribution in [0.15, 0.2) is 0 Å². The zero-order valence-corrected chi connectivity index (χ0v) is 10.1. The molecule has 0 aromatic carbocycles. The van der Waals surface area contributed by atoms with E-state index in [1.54, 1.807) is 12.8 Å². The summed E-state index contributed by atoms with van der Waals surface area (Å²) in [6.45, 7) is 7.15. The summed E-state index contributed by atoms with van der Waals surface area (Å²) in [5.41, 5.74) is 0. The van der Waals surface area contributed by atoms with Crippen LogP contribution in [-0.4, -0.2) is 0 Å². The minimum Gasteiger partial charge on any atom is -0.0654 e. The van der Waals surface area contributed by atoms with E-state index in [0.29, 0.717) is 0 Å². The second-order valence-corrected chi connectivity index (χ2v) is 5.95. The lowest BCUT2D eigenvalue weighted by Gasteiger charge is -2.40. The minimum atomic E-state index is 0.946. The van der Waals surface area contributed by atoms with Crippen LogP contribution >= 0.6 is 0 Å². The second-order valence-electron chi connectivity index (χ2n) is 5.95. The average molecular weight is 194 g/mol. The lowest BCUT2D eigenvalue weighted by atomic mass is 9.65. The first-order valence-corrected chi connectivity index (χ1v) is 6.74. The SMILES string of the molecule is CCCCC1CC1C1CCC1C(C)C. The van der Waals surface area contributed by atoms with E-state index in [4.69, 9.17) is 0 Å². The lowest BCUT2D eigenvalue weighted by molar-refractivity contribution is 0.0951. The van der Waals surface area contributed by atoms with Gasteiger partial charge in [0, 0.05) is 0 Å². The van der Waals surface area contributed by atoms with E-state index >= 15 is 0 Å². The zero-order valence-electron chi connectivity index (χ0n) is 10.1. The van der Waals surface area contributed by atoms with Crippen molar-refractivity contribution in [2.45, 2.75) is 59.3 Å². The van der Waals surface area contributed by atoms with Gasteiger partial charge in [-0.3, -0.25) is 0 Å². The van der Waals surface area contributed by atoms with Crippen LogP contribution in [-0.2, 0) is 0 Å². The molecule has 14 heavy (non-hydrogen) atoms. The molecule has 2 saturated carbocycles. The van der Waals surface area contributed by atoms with Crippen molar-refractivity contribution in [2.75, 3.05) is 0 Å². The molecule has 4 unspecified atom stereocenters. The van der Waals surface area contributed by atoms with Gasteiger partial charge in [-0.2, -0.15) is 0 Å². The Kier molecular flexibility index (Phi) is 3.19. The van der Waals surface area contributed by atoms with E-state index in [-0.39, 0.29) is 0 Å². The first-order chi connectivity index (χ1) is 6.74. The fourth-order valence-electron chi connectivity index (χ4n) is 3.50. The van der Waals surface area contributed by atoms with Gasteiger partial charge < -0.3 is 0 Å². The smallest absolute Gasteiger partial charge is 0.0352 e. The normalized spacial score (nSPS) is 41.1. The standard InChI is InChI=1S/C14H26/c1-4-5-6-11-9-14(11)13-8-7-12(13)10(2)3/h10-14H,4-9H2,1-3H3. The first kappa shape index (κ1) is 10.5. The summed E-state index contributed by atoms with van der Waals surface area (Å²) < 4.78 is 0. The van der Waals surface area contributed by atoms with Crippen molar-refractivity contribution < 1.29 is 0 Å². The highest BCUT2D eigenvalue weighted by Crippen LogP contribution is 2.57. The second kappa shape index (κ2) is 4.24. The molecule has 82 valence electrons. The van der Waals surface area contributed by atoms with Crippen LogP contribution in [0.3, 0.4) is 0 Å². The Hall–Kier alpha value is 0. The Balaban J connectivity index is 1.71. The molecule has 0 aromatic rings. The molecule has 0 aliphatic heterocycles. The van der Waals surface area contributed by atoms with Crippen molar-refractivity contribution in [2.24, 2.45) is 29.6 Å². The van der Waals surface area contributed by atoms with Gasteiger partial charge >= 0.3 is 0 Å². The van der Waals surface area contributed by atoms with Gasteiger partial charge in [0.05, 0.1) is 0 Å². The molecule has 0 bridgehead atoms. The Morgan fingerprint density at radius 3 is 2.43 bits per heavy atom. The molecular formula is C14H26. The Morgan fingerprint density at radius 1 is 1.14 bits per heavy atom. The molecular weight excluding hydrogens is 168 g/mol. The molecule has 0 amide bonds. The molecule has 4 atom stereocenters. The van der Waals surface area contributed by atoms with Crippen molar-refractivity contribution in [3.8, 4) is 0 Å². The van der Waals surface area contributed by atoms with Crippen molar-refractivity contribution in [1.82, 2.24) is 0 Å². The number of rotatable bonds is 5. The van der Waals surface area contributed by atoms with E-state index in [1.165, 1.54) is 25.7 Å². The lowest BCUT2D eigenvalue weighted by Crippen LogP contribution is -2.32. The topological polar surface area (TPSA) is 0 Å². The molecule has 0 heterocycles. The van der Waals surface area contributed by atoms with Crippen LogP contribution in [0.5, 0.6) is 0 Å². The molecule has 0 radical (unpaired) electrons. The van der Waals surface area contributed by atoms with Gasteiger partial charge in [0.15, 0.2) is 0 Å². The predicted molar refractivity (Wildman–Crippen MR) is 62.2 cm³/mol. The average Bonchev–Trinajstić information content (AvgIpc) is 2.77. The van der Waals surface area contributed by atoms with Gasteiger partial charge in [0.1, 0.15) is 0 Å². The Labute approximate surface area is 89.5 Å². The van der Waals surface area contributed by atoms with Gasteiger partial charge in [0.25, 0.3) is 0 Å². The summed E-state index contributed by atoms with van der Waals surface area (Å²) in [4.78, 5) is 0. The summed E-state index contributed by atoms with van der Waals surface area (Å²) in [6.07, 6.45) is 9.05.